The molecule has 2 heterocycles. The molecule has 92 valence electrons. The van der Waals surface area contributed by atoms with Gasteiger partial charge in [0.25, 0.3) is 5.91 Å². The van der Waals surface area contributed by atoms with Crippen LogP contribution in [-0.2, 0) is 9.53 Å². The smallest absolute Gasteiger partial charge is 0.306 e. The molecule has 1 saturated heterocycles. The van der Waals surface area contributed by atoms with Crippen LogP contribution in [0.2, 0.25) is 0 Å². The Morgan fingerprint density at radius 1 is 1.59 bits per heavy atom. The molecule has 0 bridgehead atoms. The molecule has 0 saturated carbocycles. The van der Waals surface area contributed by atoms with E-state index in [0.29, 0.717) is 25.3 Å². The summed E-state index contributed by atoms with van der Waals surface area (Å²) < 4.78 is 5.31. The van der Waals surface area contributed by atoms with Gasteiger partial charge in [-0.3, -0.25) is 9.59 Å². The lowest BCUT2D eigenvalue weighted by molar-refractivity contribution is -0.141. The summed E-state index contributed by atoms with van der Waals surface area (Å²) >= 11 is 1.47. The summed E-state index contributed by atoms with van der Waals surface area (Å²) in [6.07, 6.45) is -0.461. The van der Waals surface area contributed by atoms with Crippen molar-refractivity contribution in [3.63, 3.8) is 0 Å². The zero-order chi connectivity index (χ0) is 12.3. The minimum Gasteiger partial charge on any atom is -0.481 e. The van der Waals surface area contributed by atoms with Crippen LogP contribution in [0.5, 0.6) is 0 Å². The number of morpholine rings is 1. The van der Waals surface area contributed by atoms with Gasteiger partial charge in [-0.1, -0.05) is 0 Å². The third-order valence-corrected chi connectivity index (χ3v) is 3.28. The molecule has 1 aliphatic rings. The standard InChI is InChI=1S/C11H13NO4S/c13-10(14)5-9-6-12(2-3-16-9)11(15)8-1-4-17-7-8/h1,4,7,9H,2-3,5-6H2,(H,13,14)/t9-/m1/s1. The highest BCUT2D eigenvalue weighted by Gasteiger charge is 2.26. The fourth-order valence-electron chi connectivity index (χ4n) is 1.79. The molecule has 6 heteroatoms. The lowest BCUT2D eigenvalue weighted by Crippen LogP contribution is -2.46. The lowest BCUT2D eigenvalue weighted by Gasteiger charge is -2.32. The zero-order valence-corrected chi connectivity index (χ0v) is 9.98. The van der Waals surface area contributed by atoms with E-state index in [-0.39, 0.29) is 12.3 Å². The van der Waals surface area contributed by atoms with Crippen molar-refractivity contribution in [1.29, 1.82) is 0 Å². The van der Waals surface area contributed by atoms with Gasteiger partial charge in [0.15, 0.2) is 0 Å². The van der Waals surface area contributed by atoms with Crippen molar-refractivity contribution < 1.29 is 19.4 Å². The highest BCUT2D eigenvalue weighted by molar-refractivity contribution is 7.08. The van der Waals surface area contributed by atoms with Gasteiger partial charge in [-0.25, -0.2) is 0 Å². The van der Waals surface area contributed by atoms with Gasteiger partial charge in [0.1, 0.15) is 0 Å². The summed E-state index contributed by atoms with van der Waals surface area (Å²) in [5.74, 6) is -0.954. The minimum absolute atomic E-state index is 0.0510. The number of carbonyl (C=O) groups is 2. The molecule has 0 spiro atoms. The van der Waals surface area contributed by atoms with Crippen molar-refractivity contribution in [2.24, 2.45) is 0 Å². The molecule has 1 aromatic heterocycles. The number of nitrogens with zero attached hydrogens (tertiary/aromatic N) is 1. The first-order valence-corrected chi connectivity index (χ1v) is 6.26. The first-order chi connectivity index (χ1) is 8.16. The van der Waals surface area contributed by atoms with Crippen LogP contribution in [0, 0.1) is 0 Å². The molecule has 0 aromatic carbocycles. The Labute approximate surface area is 103 Å². The van der Waals surface area contributed by atoms with Crippen LogP contribution in [0.3, 0.4) is 0 Å². The number of hydrogen-bond donors (Lipinski definition) is 1. The maximum atomic E-state index is 12.0. The summed E-state index contributed by atoms with van der Waals surface area (Å²) in [6, 6.07) is 1.77. The molecule has 0 aliphatic carbocycles. The second-order valence-electron chi connectivity index (χ2n) is 3.85. The Morgan fingerprint density at radius 3 is 3.06 bits per heavy atom. The lowest BCUT2D eigenvalue weighted by atomic mass is 10.2. The summed E-state index contributed by atoms with van der Waals surface area (Å²) in [6.45, 7) is 1.26. The van der Waals surface area contributed by atoms with E-state index in [9.17, 15) is 9.59 Å². The topological polar surface area (TPSA) is 66.8 Å². The molecule has 1 aromatic rings. The number of thiophene rings is 1. The highest BCUT2D eigenvalue weighted by atomic mass is 32.1. The van der Waals surface area contributed by atoms with Gasteiger partial charge in [-0.15, -0.1) is 0 Å². The van der Waals surface area contributed by atoms with Crippen molar-refractivity contribution in [2.45, 2.75) is 12.5 Å². The Morgan fingerprint density at radius 2 is 2.41 bits per heavy atom. The normalized spacial score (nSPS) is 20.2. The van der Waals surface area contributed by atoms with E-state index >= 15 is 0 Å². The minimum atomic E-state index is -0.903. The van der Waals surface area contributed by atoms with Crippen LogP contribution >= 0.6 is 11.3 Å². The number of amides is 1. The first kappa shape index (κ1) is 12.1. The first-order valence-electron chi connectivity index (χ1n) is 5.31. The molecule has 1 N–H and O–H groups in total. The highest BCUT2D eigenvalue weighted by Crippen LogP contribution is 2.14. The monoisotopic (exact) mass is 255 g/mol. The van der Waals surface area contributed by atoms with Crippen molar-refractivity contribution in [3.05, 3.63) is 22.4 Å². The maximum absolute atomic E-state index is 12.0. The molecule has 1 amide bonds. The third-order valence-electron chi connectivity index (χ3n) is 2.60. The van der Waals surface area contributed by atoms with Crippen LogP contribution in [0.1, 0.15) is 16.8 Å². The Kier molecular flexibility index (Phi) is 3.75. The van der Waals surface area contributed by atoms with E-state index in [4.69, 9.17) is 9.84 Å². The zero-order valence-electron chi connectivity index (χ0n) is 9.17. The average molecular weight is 255 g/mol. The quantitative estimate of drug-likeness (QED) is 0.877. The van der Waals surface area contributed by atoms with Crippen LogP contribution in [0.25, 0.3) is 0 Å². The summed E-state index contributed by atoms with van der Waals surface area (Å²) in [5.41, 5.74) is 0.658. The molecule has 5 nitrogen and oxygen atoms in total. The maximum Gasteiger partial charge on any atom is 0.306 e. The Balaban J connectivity index is 1.97. The van der Waals surface area contributed by atoms with E-state index in [2.05, 4.69) is 0 Å². The van der Waals surface area contributed by atoms with Gasteiger partial charge in [0.2, 0.25) is 0 Å². The van der Waals surface area contributed by atoms with Gasteiger partial charge in [-0.2, -0.15) is 11.3 Å². The van der Waals surface area contributed by atoms with E-state index < -0.39 is 12.1 Å². The molecular formula is C11H13NO4S. The number of carboxylic acids is 1. The second-order valence-corrected chi connectivity index (χ2v) is 4.63. The molecule has 1 atom stereocenters. The fraction of sp³-hybridized carbons (Fsp3) is 0.455. The number of hydrogen-bond acceptors (Lipinski definition) is 4. The van der Waals surface area contributed by atoms with Crippen LogP contribution < -0.4 is 0 Å². The third kappa shape index (κ3) is 3.04. The Bertz CT molecular complexity index is 404. The molecule has 17 heavy (non-hydrogen) atoms. The molecule has 0 radical (unpaired) electrons. The Hall–Kier alpha value is -1.40. The van der Waals surface area contributed by atoms with Crippen LogP contribution in [-0.4, -0.2) is 47.7 Å². The van der Waals surface area contributed by atoms with Gasteiger partial charge < -0.3 is 14.7 Å². The summed E-state index contributed by atoms with van der Waals surface area (Å²) in [7, 11) is 0. The summed E-state index contributed by atoms with van der Waals surface area (Å²) in [4.78, 5) is 24.3. The molecule has 1 aliphatic heterocycles. The molecule has 0 unspecified atom stereocenters. The van der Waals surface area contributed by atoms with E-state index in [1.54, 1.807) is 16.3 Å². The summed E-state index contributed by atoms with van der Waals surface area (Å²) in [5, 5.41) is 12.3. The van der Waals surface area contributed by atoms with Crippen molar-refractivity contribution >= 4 is 23.2 Å². The van der Waals surface area contributed by atoms with Crippen LogP contribution in [0.15, 0.2) is 16.8 Å². The van der Waals surface area contributed by atoms with Gasteiger partial charge >= 0.3 is 5.97 Å². The predicted octanol–water partition coefficient (Wildman–Crippen LogP) is 1.06. The number of ether oxygens (including phenoxy) is 1. The molecule has 2 rings (SSSR count). The van der Waals surface area contributed by atoms with Crippen molar-refractivity contribution in [1.82, 2.24) is 4.90 Å². The van der Waals surface area contributed by atoms with Gasteiger partial charge in [0, 0.05) is 18.5 Å². The van der Waals surface area contributed by atoms with Crippen molar-refractivity contribution in [2.75, 3.05) is 19.7 Å². The fourth-order valence-corrected chi connectivity index (χ4v) is 2.42. The van der Waals surface area contributed by atoms with Crippen LogP contribution in [0.4, 0.5) is 0 Å². The SMILES string of the molecule is O=C(O)C[C@@H]1CN(C(=O)c2ccsc2)CCO1. The van der Waals surface area contributed by atoms with Gasteiger partial charge in [0.05, 0.1) is 24.7 Å². The molecular weight excluding hydrogens is 242 g/mol. The predicted molar refractivity (Wildman–Crippen MR) is 62.2 cm³/mol. The van der Waals surface area contributed by atoms with Crippen molar-refractivity contribution in [3.8, 4) is 0 Å². The van der Waals surface area contributed by atoms with Gasteiger partial charge in [-0.05, 0) is 11.4 Å². The average Bonchev–Trinajstić information content (AvgIpc) is 2.81. The number of carbonyl (C=O) groups excluding carboxylic acids is 1. The number of rotatable bonds is 3. The van der Waals surface area contributed by atoms with E-state index in [1.807, 2.05) is 5.38 Å². The van der Waals surface area contributed by atoms with E-state index in [0.717, 1.165) is 0 Å². The second kappa shape index (κ2) is 5.29. The number of carboxylic acid groups (broad SMARTS) is 1. The largest absolute Gasteiger partial charge is 0.481 e. The van der Waals surface area contributed by atoms with E-state index in [1.165, 1.54) is 11.3 Å². The molecule has 1 fully saturated rings. The number of aliphatic carboxylic acids is 1.